The van der Waals surface area contributed by atoms with Crippen molar-refractivity contribution < 1.29 is 73.4 Å². The lowest BCUT2D eigenvalue weighted by Crippen LogP contribution is -2.70. The molecule has 8 N–H and O–H groups in total. The van der Waals surface area contributed by atoms with Crippen molar-refractivity contribution in [1.82, 2.24) is 10.6 Å². The quantitative estimate of drug-likeness (QED) is 0.151. The molecule has 4 aliphatic rings. The van der Waals surface area contributed by atoms with E-state index in [4.69, 9.17) is 33.2 Å². The number of rotatable bonds is 5. The fourth-order valence-corrected chi connectivity index (χ4v) is 5.20. The number of nitrogens with one attached hydrogen (secondary N) is 2. The van der Waals surface area contributed by atoms with Crippen molar-refractivity contribution in [2.24, 2.45) is 0 Å². The Hall–Kier alpha value is -1.58. The Bertz CT molecular complexity index is 883. The molecule has 0 aromatic heterocycles. The Morgan fingerprint density at radius 3 is 2.35 bits per heavy atom. The molecule has 40 heavy (non-hydrogen) atoms. The van der Waals surface area contributed by atoms with Gasteiger partial charge in [0.25, 0.3) is 0 Å². The third-order valence-electron chi connectivity index (χ3n) is 7.37. The first kappa shape index (κ1) is 31.4. The minimum absolute atomic E-state index is 0.169. The highest BCUT2D eigenvalue weighted by molar-refractivity contribution is 5.77. The third kappa shape index (κ3) is 6.41. The zero-order valence-corrected chi connectivity index (χ0v) is 22.1. The molecular formula is C23H38N2O15. The normalized spacial score (nSPS) is 48.3. The van der Waals surface area contributed by atoms with Gasteiger partial charge in [-0.15, -0.1) is 0 Å². The first-order chi connectivity index (χ1) is 19.0. The number of methoxy groups -OCH3 is 1. The van der Waals surface area contributed by atoms with Gasteiger partial charge in [0.2, 0.25) is 11.8 Å². The minimum Gasteiger partial charge on any atom is -0.394 e. The Labute approximate surface area is 229 Å². The SMILES string of the molecule is CO[C@@H]1O[C@@H]2CNC(=O)CO[C@H]3[C@@H](O[C@H]2[C@H](O[C@H]2O[C@H](C)[C@H](O)[C@H](O)[C@H]2O)[C@H]1NC(C)=O)O[C@H](CO)[C@H](O)[C@@H]3O. The molecule has 17 nitrogen and oxygen atoms in total. The summed E-state index contributed by atoms with van der Waals surface area (Å²) in [6, 6.07) is -1.12. The van der Waals surface area contributed by atoms with Gasteiger partial charge >= 0.3 is 0 Å². The number of hydrogen-bond acceptors (Lipinski definition) is 15. The number of hydrogen-bond donors (Lipinski definition) is 8. The van der Waals surface area contributed by atoms with Gasteiger partial charge in [0.05, 0.1) is 12.7 Å². The molecule has 0 bridgehead atoms. The van der Waals surface area contributed by atoms with Gasteiger partial charge in [-0.25, -0.2) is 0 Å². The Balaban J connectivity index is 1.72. The van der Waals surface area contributed by atoms with Crippen LogP contribution in [0.3, 0.4) is 0 Å². The molecule has 4 aliphatic heterocycles. The number of ether oxygens (including phenoxy) is 7. The van der Waals surface area contributed by atoms with Crippen molar-refractivity contribution in [2.45, 2.75) is 106 Å². The predicted octanol–water partition coefficient (Wildman–Crippen LogP) is -5.59. The van der Waals surface area contributed by atoms with Gasteiger partial charge in [-0.2, -0.15) is 0 Å². The molecule has 4 rings (SSSR count). The molecule has 0 radical (unpaired) electrons. The summed E-state index contributed by atoms with van der Waals surface area (Å²) in [6.07, 6.45) is -19.4. The molecule has 0 aromatic carbocycles. The van der Waals surface area contributed by atoms with Crippen molar-refractivity contribution in [1.29, 1.82) is 0 Å². The molecule has 4 heterocycles. The van der Waals surface area contributed by atoms with E-state index in [0.29, 0.717) is 0 Å². The summed E-state index contributed by atoms with van der Waals surface area (Å²) in [5, 5.41) is 67.1. The van der Waals surface area contributed by atoms with Gasteiger partial charge < -0.3 is 74.4 Å². The molecule has 0 saturated carbocycles. The minimum atomic E-state index is -1.72. The molecule has 0 spiro atoms. The third-order valence-corrected chi connectivity index (χ3v) is 7.37. The van der Waals surface area contributed by atoms with E-state index in [1.165, 1.54) is 21.0 Å². The molecule has 0 aliphatic carbocycles. The zero-order valence-electron chi connectivity index (χ0n) is 22.1. The molecule has 230 valence electrons. The molecular weight excluding hydrogens is 544 g/mol. The molecule has 4 saturated heterocycles. The summed E-state index contributed by atoms with van der Waals surface area (Å²) in [6.45, 7) is 1.31. The van der Waals surface area contributed by atoms with Crippen LogP contribution in [0.1, 0.15) is 13.8 Å². The van der Waals surface area contributed by atoms with Crippen LogP contribution >= 0.6 is 0 Å². The lowest BCUT2D eigenvalue weighted by Gasteiger charge is -2.50. The van der Waals surface area contributed by atoms with E-state index >= 15 is 0 Å². The highest BCUT2D eigenvalue weighted by Crippen LogP contribution is 2.34. The van der Waals surface area contributed by atoms with Crippen molar-refractivity contribution in [3.8, 4) is 0 Å². The van der Waals surface area contributed by atoms with Crippen LogP contribution in [0, 0.1) is 0 Å². The topological polar surface area (TPSA) is 244 Å². The van der Waals surface area contributed by atoms with E-state index in [0.717, 1.165) is 0 Å². The molecule has 4 fully saturated rings. The number of aliphatic hydroxyl groups is 6. The summed E-state index contributed by atoms with van der Waals surface area (Å²) < 4.78 is 40.6. The van der Waals surface area contributed by atoms with Crippen LogP contribution < -0.4 is 10.6 Å². The molecule has 2 amide bonds. The van der Waals surface area contributed by atoms with Crippen LogP contribution in [0.5, 0.6) is 0 Å². The van der Waals surface area contributed by atoms with E-state index in [-0.39, 0.29) is 6.54 Å². The Morgan fingerprint density at radius 1 is 0.975 bits per heavy atom. The summed E-state index contributed by atoms with van der Waals surface area (Å²) in [5.74, 6) is -1.11. The Morgan fingerprint density at radius 2 is 1.70 bits per heavy atom. The van der Waals surface area contributed by atoms with Crippen molar-refractivity contribution in [2.75, 3.05) is 26.9 Å². The van der Waals surface area contributed by atoms with Gasteiger partial charge in [-0.1, -0.05) is 0 Å². The van der Waals surface area contributed by atoms with Gasteiger partial charge in [0, 0.05) is 20.6 Å². The Kier molecular flexibility index (Phi) is 10.3. The van der Waals surface area contributed by atoms with E-state index in [2.05, 4.69) is 10.6 Å². The predicted molar refractivity (Wildman–Crippen MR) is 126 cm³/mol. The first-order valence-electron chi connectivity index (χ1n) is 12.9. The maximum absolute atomic E-state index is 12.5. The molecule has 0 unspecified atom stereocenters. The summed E-state index contributed by atoms with van der Waals surface area (Å²) in [5.41, 5.74) is 0. The lowest BCUT2D eigenvalue weighted by atomic mass is 9.94. The van der Waals surface area contributed by atoms with Crippen LogP contribution in [0.2, 0.25) is 0 Å². The van der Waals surface area contributed by atoms with Crippen molar-refractivity contribution in [3.05, 3.63) is 0 Å². The van der Waals surface area contributed by atoms with E-state index in [9.17, 15) is 40.2 Å². The van der Waals surface area contributed by atoms with E-state index in [1.54, 1.807) is 0 Å². The number of aliphatic hydroxyl groups excluding tert-OH is 6. The van der Waals surface area contributed by atoms with Gasteiger partial charge in [-0.3, -0.25) is 9.59 Å². The highest BCUT2D eigenvalue weighted by atomic mass is 16.8. The van der Waals surface area contributed by atoms with Crippen molar-refractivity contribution >= 4 is 11.8 Å². The number of amides is 2. The largest absolute Gasteiger partial charge is 0.394 e. The highest BCUT2D eigenvalue weighted by Gasteiger charge is 2.55. The molecule has 17 heteroatoms. The van der Waals surface area contributed by atoms with Crippen molar-refractivity contribution in [3.63, 3.8) is 0 Å². The van der Waals surface area contributed by atoms with Crippen LogP contribution in [0.15, 0.2) is 0 Å². The maximum atomic E-state index is 12.5. The lowest BCUT2D eigenvalue weighted by molar-refractivity contribution is -0.372. The molecule has 15 atom stereocenters. The van der Waals surface area contributed by atoms with E-state index < -0.39 is 117 Å². The average molecular weight is 583 g/mol. The second-order valence-electron chi connectivity index (χ2n) is 10.2. The number of carbonyl (C=O) groups is 2. The summed E-state index contributed by atoms with van der Waals surface area (Å²) >= 11 is 0. The maximum Gasteiger partial charge on any atom is 0.246 e. The fraction of sp³-hybridized carbons (Fsp3) is 0.913. The second kappa shape index (κ2) is 13.2. The second-order valence-corrected chi connectivity index (χ2v) is 10.2. The van der Waals surface area contributed by atoms with Gasteiger partial charge in [-0.05, 0) is 6.92 Å². The molecule has 0 aromatic rings. The summed E-state index contributed by atoms with van der Waals surface area (Å²) in [7, 11) is 1.31. The standard InChI is InChI=1S/C23H38N2O15/c1-7-13(29)15(31)17(33)22(36-7)40-19-12(25-8(2)27)21(34-3)37-9-4-24-11(28)6-35-20-16(32)14(30)10(5-26)38-23(20)39-18(9)19/h7,9-10,12-23,26,29-33H,4-6H2,1-3H3,(H,24,28)(H,25,27)/t7-,9-,10-,12-,13+,14+,15+,16+,17-,18-,19-,20-,21-,22-,23-/m1/s1. The van der Waals surface area contributed by atoms with Gasteiger partial charge in [0.1, 0.15) is 73.7 Å². The number of fused-ring (bicyclic) bond motifs is 2. The van der Waals surface area contributed by atoms with Crippen LogP contribution in [-0.4, -0.2) is 161 Å². The van der Waals surface area contributed by atoms with Crippen LogP contribution in [0.25, 0.3) is 0 Å². The average Bonchev–Trinajstić information content (AvgIpc) is 2.92. The monoisotopic (exact) mass is 582 g/mol. The summed E-state index contributed by atoms with van der Waals surface area (Å²) in [4.78, 5) is 24.7. The van der Waals surface area contributed by atoms with E-state index in [1.807, 2.05) is 0 Å². The van der Waals surface area contributed by atoms with Crippen LogP contribution in [0.4, 0.5) is 0 Å². The van der Waals surface area contributed by atoms with Gasteiger partial charge in [0.15, 0.2) is 18.9 Å². The fourth-order valence-electron chi connectivity index (χ4n) is 5.20. The number of carbonyl (C=O) groups excluding carboxylic acids is 2. The van der Waals surface area contributed by atoms with Crippen LogP contribution in [-0.2, 0) is 42.7 Å². The smallest absolute Gasteiger partial charge is 0.246 e. The first-order valence-corrected chi connectivity index (χ1v) is 12.9. The zero-order chi connectivity index (χ0) is 29.3.